The van der Waals surface area contributed by atoms with Gasteiger partial charge in [0.25, 0.3) is 5.91 Å². The van der Waals surface area contributed by atoms with Gasteiger partial charge >= 0.3 is 11.9 Å². The quantitative estimate of drug-likeness (QED) is 0.176. The van der Waals surface area contributed by atoms with Gasteiger partial charge < -0.3 is 15.5 Å². The van der Waals surface area contributed by atoms with Crippen LogP contribution < -0.4 is 5.32 Å². The van der Waals surface area contributed by atoms with Crippen molar-refractivity contribution in [3.05, 3.63) is 92.1 Å². The standard InChI is InChI=1S/C29H33ClN2O7S2/c30-22-10-5-8-21(20-22)9-6-17-32(18-7-11-23-14-15-26(40-23)29(36)37)41(38,39)19-4-3-16-31-27(33)24-12-1-2-13-25(24)28(34)35/h1-2,5,8,10,12-15,20H,3-4,6-7,9,11,16-19H2,(H,31,33)(H,34,35)(H,36,37). The Morgan fingerprint density at radius 3 is 2.20 bits per heavy atom. The van der Waals surface area contributed by atoms with Crippen LogP contribution in [0.4, 0.5) is 0 Å². The molecule has 0 bridgehead atoms. The summed E-state index contributed by atoms with van der Waals surface area (Å²) in [6.07, 6.45) is 3.13. The lowest BCUT2D eigenvalue weighted by Crippen LogP contribution is -2.35. The normalized spacial score (nSPS) is 11.5. The minimum Gasteiger partial charge on any atom is -0.478 e. The highest BCUT2D eigenvalue weighted by molar-refractivity contribution is 7.89. The van der Waals surface area contributed by atoms with Gasteiger partial charge in [0.05, 0.1) is 16.9 Å². The van der Waals surface area contributed by atoms with Gasteiger partial charge in [-0.25, -0.2) is 22.3 Å². The van der Waals surface area contributed by atoms with E-state index in [1.54, 1.807) is 30.3 Å². The maximum atomic E-state index is 13.3. The highest BCUT2D eigenvalue weighted by Crippen LogP contribution is 2.19. The van der Waals surface area contributed by atoms with Crippen molar-refractivity contribution in [2.45, 2.75) is 38.5 Å². The molecule has 12 heteroatoms. The summed E-state index contributed by atoms with van der Waals surface area (Å²) < 4.78 is 28.0. The lowest BCUT2D eigenvalue weighted by Gasteiger charge is -2.22. The van der Waals surface area contributed by atoms with Crippen LogP contribution in [0.15, 0.2) is 60.7 Å². The molecule has 9 nitrogen and oxygen atoms in total. The fraction of sp³-hybridized carbons (Fsp3) is 0.345. The maximum Gasteiger partial charge on any atom is 0.345 e. The predicted octanol–water partition coefficient (Wildman–Crippen LogP) is 5.21. The number of carboxylic acids is 2. The molecule has 41 heavy (non-hydrogen) atoms. The molecule has 1 amide bonds. The number of carboxylic acid groups (broad SMARTS) is 2. The first-order valence-corrected chi connectivity index (χ1v) is 16.0. The molecule has 0 radical (unpaired) electrons. The second kappa shape index (κ2) is 15.7. The highest BCUT2D eigenvalue weighted by atomic mass is 35.5. The van der Waals surface area contributed by atoms with Gasteiger partial charge in [-0.05, 0) is 80.5 Å². The van der Waals surface area contributed by atoms with Gasteiger partial charge in [-0.3, -0.25) is 4.79 Å². The van der Waals surface area contributed by atoms with Gasteiger partial charge in [0.1, 0.15) is 4.88 Å². The largest absolute Gasteiger partial charge is 0.478 e. The number of sulfonamides is 1. The van der Waals surface area contributed by atoms with Crippen LogP contribution in [0, 0.1) is 0 Å². The van der Waals surface area contributed by atoms with Crippen LogP contribution in [0.2, 0.25) is 5.02 Å². The van der Waals surface area contributed by atoms with E-state index in [1.165, 1.54) is 27.8 Å². The number of halogens is 1. The first kappa shape index (κ1) is 32.3. The molecule has 0 atom stereocenters. The van der Waals surface area contributed by atoms with Gasteiger partial charge in [-0.1, -0.05) is 35.9 Å². The van der Waals surface area contributed by atoms with Crippen molar-refractivity contribution in [2.24, 2.45) is 0 Å². The number of carbonyl (C=O) groups excluding carboxylic acids is 1. The average molecular weight is 621 g/mol. The number of hydrogen-bond donors (Lipinski definition) is 3. The Morgan fingerprint density at radius 1 is 0.829 bits per heavy atom. The minimum absolute atomic E-state index is 0.0553. The Bertz CT molecular complexity index is 1460. The van der Waals surface area contributed by atoms with E-state index in [1.807, 2.05) is 18.2 Å². The van der Waals surface area contributed by atoms with E-state index in [2.05, 4.69) is 5.32 Å². The fourth-order valence-corrected chi connectivity index (χ4v) is 7.05. The van der Waals surface area contributed by atoms with Crippen LogP contribution in [0.25, 0.3) is 0 Å². The third-order valence-electron chi connectivity index (χ3n) is 6.38. The van der Waals surface area contributed by atoms with E-state index in [9.17, 15) is 27.9 Å². The summed E-state index contributed by atoms with van der Waals surface area (Å²) in [5.74, 6) is -2.78. The number of nitrogens with one attached hydrogen (secondary N) is 1. The zero-order chi connectivity index (χ0) is 29.8. The molecule has 3 N–H and O–H groups in total. The number of aromatic carboxylic acids is 2. The van der Waals surface area contributed by atoms with Gasteiger partial charge in [0.2, 0.25) is 10.0 Å². The van der Waals surface area contributed by atoms with Crippen LogP contribution in [0.3, 0.4) is 0 Å². The third kappa shape index (κ3) is 10.3. The molecular formula is C29H33ClN2O7S2. The molecule has 0 saturated heterocycles. The number of thiophene rings is 1. The number of hydrogen-bond acceptors (Lipinski definition) is 6. The average Bonchev–Trinajstić information content (AvgIpc) is 3.41. The maximum absolute atomic E-state index is 13.3. The van der Waals surface area contributed by atoms with E-state index in [0.29, 0.717) is 56.6 Å². The van der Waals surface area contributed by atoms with Crippen molar-refractivity contribution in [1.29, 1.82) is 0 Å². The third-order valence-corrected chi connectivity index (χ3v) is 9.70. The van der Waals surface area contributed by atoms with E-state index >= 15 is 0 Å². The van der Waals surface area contributed by atoms with E-state index < -0.39 is 27.9 Å². The van der Waals surface area contributed by atoms with Gasteiger partial charge in [-0.2, -0.15) is 0 Å². The van der Waals surface area contributed by atoms with E-state index in [-0.39, 0.29) is 28.3 Å². The van der Waals surface area contributed by atoms with E-state index in [4.69, 9.17) is 16.7 Å². The Kier molecular flexibility index (Phi) is 12.3. The minimum atomic E-state index is -3.59. The number of rotatable bonds is 17. The van der Waals surface area contributed by atoms with Gasteiger partial charge in [0.15, 0.2) is 0 Å². The monoisotopic (exact) mass is 620 g/mol. The number of unbranched alkanes of at least 4 members (excludes halogenated alkanes) is 1. The van der Waals surface area contributed by atoms with Crippen molar-refractivity contribution >= 4 is 50.8 Å². The zero-order valence-electron chi connectivity index (χ0n) is 22.4. The number of amides is 1. The number of aryl methyl sites for hydroxylation is 2. The van der Waals surface area contributed by atoms with Crippen LogP contribution in [-0.4, -0.2) is 66.2 Å². The van der Waals surface area contributed by atoms with Crippen LogP contribution >= 0.6 is 22.9 Å². The second-order valence-electron chi connectivity index (χ2n) is 9.44. The summed E-state index contributed by atoms with van der Waals surface area (Å²) in [5.41, 5.74) is 0.984. The SMILES string of the molecule is O=C(O)c1ccc(CCCN(CCCc2cccc(Cl)c2)S(=O)(=O)CCCCNC(=O)c2ccccc2C(=O)O)s1. The summed E-state index contributed by atoms with van der Waals surface area (Å²) >= 11 is 7.26. The Morgan fingerprint density at radius 2 is 1.54 bits per heavy atom. The number of carbonyl (C=O) groups is 3. The molecule has 3 rings (SSSR count). The second-order valence-corrected chi connectivity index (χ2v) is 13.1. The van der Waals surface area contributed by atoms with Gasteiger partial charge in [0, 0.05) is 29.5 Å². The van der Waals surface area contributed by atoms with Crippen molar-refractivity contribution in [1.82, 2.24) is 9.62 Å². The van der Waals surface area contributed by atoms with Crippen molar-refractivity contribution in [2.75, 3.05) is 25.4 Å². The van der Waals surface area contributed by atoms with Gasteiger partial charge in [-0.15, -0.1) is 11.3 Å². The summed E-state index contributed by atoms with van der Waals surface area (Å²) in [6.45, 7) is 0.852. The summed E-state index contributed by atoms with van der Waals surface area (Å²) in [7, 11) is -3.59. The lowest BCUT2D eigenvalue weighted by molar-refractivity contribution is 0.0685. The van der Waals surface area contributed by atoms with E-state index in [0.717, 1.165) is 10.4 Å². The van der Waals surface area contributed by atoms with Crippen LogP contribution in [0.1, 0.15) is 66.5 Å². The number of benzene rings is 2. The molecule has 0 unspecified atom stereocenters. The highest BCUT2D eigenvalue weighted by Gasteiger charge is 2.22. The molecular weight excluding hydrogens is 588 g/mol. The predicted molar refractivity (Wildman–Crippen MR) is 160 cm³/mol. The fourth-order valence-electron chi connectivity index (χ4n) is 4.30. The zero-order valence-corrected chi connectivity index (χ0v) is 24.8. The Hall–Kier alpha value is -3.25. The molecule has 220 valence electrons. The number of nitrogens with zero attached hydrogens (tertiary/aromatic N) is 1. The topological polar surface area (TPSA) is 141 Å². The van der Waals surface area contributed by atoms with Crippen LogP contribution in [0.5, 0.6) is 0 Å². The molecule has 0 aliphatic rings. The summed E-state index contributed by atoms with van der Waals surface area (Å²) in [6, 6.07) is 16.7. The summed E-state index contributed by atoms with van der Waals surface area (Å²) in [5, 5.41) is 21.7. The van der Waals surface area contributed by atoms with Crippen molar-refractivity contribution < 1.29 is 33.0 Å². The first-order valence-electron chi connectivity index (χ1n) is 13.2. The molecule has 3 aromatic rings. The first-order chi connectivity index (χ1) is 19.6. The molecule has 0 spiro atoms. The van der Waals surface area contributed by atoms with Crippen molar-refractivity contribution in [3.63, 3.8) is 0 Å². The molecule has 0 aliphatic heterocycles. The molecule has 2 aromatic carbocycles. The van der Waals surface area contributed by atoms with Crippen molar-refractivity contribution in [3.8, 4) is 0 Å². The molecule has 1 aromatic heterocycles. The molecule has 0 aliphatic carbocycles. The van der Waals surface area contributed by atoms with Crippen LogP contribution in [-0.2, 0) is 22.9 Å². The smallest absolute Gasteiger partial charge is 0.345 e. The lowest BCUT2D eigenvalue weighted by atomic mass is 10.1. The molecule has 0 fully saturated rings. The summed E-state index contributed by atoms with van der Waals surface area (Å²) in [4.78, 5) is 36.1. The Labute approximate surface area is 248 Å². The Balaban J connectivity index is 1.53. The molecule has 1 heterocycles. The molecule has 0 saturated carbocycles.